The monoisotopic (exact) mass is 866 g/mol. The Morgan fingerprint density at radius 3 is 2.13 bits per heavy atom. The number of nitrogens with zero attached hydrogens (tertiary/aromatic N) is 1. The van der Waals surface area contributed by atoms with Crippen molar-refractivity contribution in [3.63, 3.8) is 0 Å². The van der Waals surface area contributed by atoms with Gasteiger partial charge in [0.2, 0.25) is 29.5 Å². The lowest BCUT2D eigenvalue weighted by Gasteiger charge is -2.64. The van der Waals surface area contributed by atoms with Gasteiger partial charge in [-0.05, 0) is 92.9 Å². The number of nitrogens with two attached hydrogens (primary N) is 1. The van der Waals surface area contributed by atoms with E-state index in [9.17, 15) is 38.7 Å². The molecule has 18 heteroatoms. The molecule has 5 aliphatic rings. The minimum atomic E-state index is -1.51. The second-order valence-electron chi connectivity index (χ2n) is 19.2. The lowest BCUT2D eigenvalue weighted by atomic mass is 9.43. The zero-order chi connectivity index (χ0) is 45.7. The van der Waals surface area contributed by atoms with Gasteiger partial charge < -0.3 is 51.4 Å². The van der Waals surface area contributed by atoms with Crippen LogP contribution < -0.4 is 27.0 Å². The maximum absolute atomic E-state index is 14.4. The molecule has 1 aromatic carbocycles. The average Bonchev–Trinajstić information content (AvgIpc) is 3.84. The van der Waals surface area contributed by atoms with E-state index in [0.717, 1.165) is 25.7 Å². The number of carboxylic acid groups (broad SMARTS) is 2. The maximum Gasteiger partial charge on any atom is 0.481 e. The first-order chi connectivity index (χ1) is 29.1. The zero-order valence-electron chi connectivity index (χ0n) is 37.2. The van der Waals surface area contributed by atoms with Gasteiger partial charge in [0.25, 0.3) is 0 Å². The molecule has 2 saturated heterocycles. The summed E-state index contributed by atoms with van der Waals surface area (Å²) in [6.07, 6.45) is 3.47. The summed E-state index contributed by atoms with van der Waals surface area (Å²) in [4.78, 5) is 92.8. The number of hydrogen-bond acceptors (Lipinski definition) is 10. The predicted octanol–water partition coefficient (Wildman–Crippen LogP) is 2.19. The van der Waals surface area contributed by atoms with Crippen LogP contribution in [0.2, 0.25) is 0 Å². The zero-order valence-corrected chi connectivity index (χ0v) is 37.2. The molecule has 8 N–H and O–H groups in total. The Kier molecular flexibility index (Phi) is 15.9. The predicted molar refractivity (Wildman–Crippen MR) is 229 cm³/mol. The first-order valence-electron chi connectivity index (χ1n) is 22.2. The molecule has 2 aliphatic heterocycles. The first-order valence-corrected chi connectivity index (χ1v) is 22.2. The van der Waals surface area contributed by atoms with Crippen molar-refractivity contribution in [3.8, 4) is 0 Å². The highest BCUT2D eigenvalue weighted by molar-refractivity contribution is 6.48. The third-order valence-electron chi connectivity index (χ3n) is 13.8. The molecular weight excluding hydrogens is 799 g/mol. The molecule has 6 rings (SSSR count). The average molecular weight is 867 g/mol. The Morgan fingerprint density at radius 1 is 0.855 bits per heavy atom. The smallest absolute Gasteiger partial charge is 0.481 e. The highest BCUT2D eigenvalue weighted by Gasteiger charge is 2.68. The van der Waals surface area contributed by atoms with Crippen LogP contribution in [-0.4, -0.2) is 118 Å². The molecule has 0 unspecified atom stereocenters. The molecule has 5 amide bonds. The number of carbonyl (C=O) groups is 7. The summed E-state index contributed by atoms with van der Waals surface area (Å²) in [5.74, 6) is -6.46. The molecule has 5 fully saturated rings. The van der Waals surface area contributed by atoms with Gasteiger partial charge in [-0.3, -0.25) is 33.6 Å². The van der Waals surface area contributed by atoms with E-state index in [1.54, 1.807) is 27.7 Å². The van der Waals surface area contributed by atoms with Crippen LogP contribution in [0.1, 0.15) is 112 Å². The largest absolute Gasteiger partial charge is 0.481 e. The van der Waals surface area contributed by atoms with E-state index in [1.807, 2.05) is 18.2 Å². The van der Waals surface area contributed by atoms with Gasteiger partial charge in [-0.15, -0.1) is 0 Å². The van der Waals surface area contributed by atoms with Crippen molar-refractivity contribution < 1.29 is 53.1 Å². The summed E-state index contributed by atoms with van der Waals surface area (Å²) >= 11 is 0. The molecule has 62 heavy (non-hydrogen) atoms. The van der Waals surface area contributed by atoms with E-state index in [2.05, 4.69) is 54.2 Å². The fourth-order valence-corrected chi connectivity index (χ4v) is 9.92. The highest BCUT2D eigenvalue weighted by atomic mass is 16.7. The number of likely N-dealkylation sites (tertiary alicyclic amines) is 1. The summed E-state index contributed by atoms with van der Waals surface area (Å²) in [6.45, 7) is 13.9. The molecule has 3 saturated carbocycles. The first kappa shape index (κ1) is 48.5. The van der Waals surface area contributed by atoms with E-state index < -0.39 is 109 Å². The third-order valence-corrected chi connectivity index (χ3v) is 13.8. The number of benzene rings is 1. The summed E-state index contributed by atoms with van der Waals surface area (Å²) < 4.78 is 13.5. The van der Waals surface area contributed by atoms with E-state index >= 15 is 0 Å². The van der Waals surface area contributed by atoms with Gasteiger partial charge in [0.05, 0.1) is 30.1 Å². The summed E-state index contributed by atoms with van der Waals surface area (Å²) in [6, 6.07) is 4.06. The summed E-state index contributed by atoms with van der Waals surface area (Å²) in [5, 5.41) is 29.3. The molecule has 0 aromatic heterocycles. The van der Waals surface area contributed by atoms with Crippen LogP contribution in [-0.2, 0) is 49.3 Å². The molecule has 2 bridgehead atoms. The molecule has 342 valence electrons. The Balaban J connectivity index is 1.27. The van der Waals surface area contributed by atoms with Crippen LogP contribution in [0.4, 0.5) is 0 Å². The van der Waals surface area contributed by atoms with Gasteiger partial charge in [0.1, 0.15) is 24.2 Å². The van der Waals surface area contributed by atoms with Crippen molar-refractivity contribution in [2.75, 3.05) is 6.54 Å². The fourth-order valence-electron chi connectivity index (χ4n) is 9.92. The van der Waals surface area contributed by atoms with Gasteiger partial charge in [0.15, 0.2) is 0 Å². The van der Waals surface area contributed by atoms with Crippen molar-refractivity contribution in [2.24, 2.45) is 34.8 Å². The molecule has 1 aromatic rings. The highest BCUT2D eigenvalue weighted by Crippen LogP contribution is 2.65. The number of carboxylic acids is 2. The fraction of sp³-hybridized carbons (Fsp3) is 0.705. The number of hydrogen-bond donors (Lipinski definition) is 7. The number of amides is 5. The summed E-state index contributed by atoms with van der Waals surface area (Å²) in [5.41, 5.74) is 6.52. The van der Waals surface area contributed by atoms with E-state index in [-0.39, 0.29) is 23.8 Å². The van der Waals surface area contributed by atoms with Crippen molar-refractivity contribution in [2.45, 2.75) is 161 Å². The maximum atomic E-state index is 14.4. The van der Waals surface area contributed by atoms with Gasteiger partial charge in [-0.2, -0.15) is 0 Å². The van der Waals surface area contributed by atoms with Crippen LogP contribution in [0, 0.1) is 29.1 Å². The minimum absolute atomic E-state index is 0.0753. The Hall–Kier alpha value is -4.55. The Morgan fingerprint density at radius 2 is 1.52 bits per heavy atom. The number of carbonyl (C=O) groups excluding carboxylic acids is 5. The van der Waals surface area contributed by atoms with Crippen molar-refractivity contribution in [1.82, 2.24) is 26.2 Å². The third kappa shape index (κ3) is 11.1. The van der Waals surface area contributed by atoms with Crippen LogP contribution >= 0.6 is 0 Å². The van der Waals surface area contributed by atoms with Crippen molar-refractivity contribution >= 4 is 48.6 Å². The molecule has 0 spiro atoms. The second-order valence-corrected chi connectivity index (χ2v) is 19.2. The molecule has 3 aliphatic carbocycles. The minimum Gasteiger partial charge on any atom is -0.481 e. The quantitative estimate of drug-likeness (QED) is 0.0879. The van der Waals surface area contributed by atoms with E-state index in [0.29, 0.717) is 37.6 Å². The second kappa shape index (κ2) is 20.3. The molecule has 2 heterocycles. The lowest BCUT2D eigenvalue weighted by molar-refractivity contribution is -0.199. The summed E-state index contributed by atoms with van der Waals surface area (Å²) in [7, 11) is -0.658. The van der Waals surface area contributed by atoms with Gasteiger partial charge >= 0.3 is 19.1 Å². The Labute approximate surface area is 364 Å². The van der Waals surface area contributed by atoms with E-state index in [1.165, 1.54) is 10.5 Å². The number of rotatable bonds is 21. The SMILES string of the molecule is CC(C)[C@H](NC(=O)[C@H](CCC(=O)O)NC(=O)[C@@H](N)CC(=O)O)C(=O)N[C@H](C(=O)N1CCC[C@H]1C(=O)N[C@@H](CCCc1ccccc1)B1O[C@@H]2C[C@@H]3C[C@H](C3(C)C)[C@]2(C)O1)C(C)C. The number of aliphatic carboxylic acids is 2. The van der Waals surface area contributed by atoms with Gasteiger partial charge in [-0.25, -0.2) is 0 Å². The standard InChI is InChI=1S/C44H67BN6O11/c1-24(2)36(49-39(57)29(18-19-34(52)53)47-38(56)28(46)23-35(54)55)41(59)50-37(25(3)4)42(60)51-20-12-16-30(51)40(58)48-33(17-11-15-26-13-9-8-10-14-26)45-61-32-22-27-21-31(43(27,5)6)44(32,7)62-45/h8-10,13-14,24-25,27-33,36-37H,11-12,15-23,46H2,1-7H3,(H,47,56)(H,48,58)(H,49,57)(H,50,59)(H,52,53)(H,54,55)/t27-,28-,29-,30-,31+,32+,33-,36-,37-,44-/m0/s1. The van der Waals surface area contributed by atoms with Gasteiger partial charge in [0, 0.05) is 13.0 Å². The van der Waals surface area contributed by atoms with Crippen molar-refractivity contribution in [1.29, 1.82) is 0 Å². The van der Waals surface area contributed by atoms with Crippen LogP contribution in [0.15, 0.2) is 30.3 Å². The Bertz CT molecular complexity index is 1820. The van der Waals surface area contributed by atoms with E-state index in [4.69, 9.17) is 20.1 Å². The number of nitrogens with one attached hydrogen (secondary N) is 4. The van der Waals surface area contributed by atoms with Gasteiger partial charge in [-0.1, -0.05) is 71.9 Å². The van der Waals surface area contributed by atoms with Crippen LogP contribution in [0.25, 0.3) is 0 Å². The molecule has 0 radical (unpaired) electrons. The molecule has 10 atom stereocenters. The molecule has 17 nitrogen and oxygen atoms in total. The van der Waals surface area contributed by atoms with Crippen molar-refractivity contribution in [3.05, 3.63) is 35.9 Å². The molecular formula is C44H67BN6O11. The lowest BCUT2D eigenvalue weighted by Crippen LogP contribution is -2.65. The number of aryl methyl sites for hydroxylation is 1. The van der Waals surface area contributed by atoms with Crippen LogP contribution in [0.3, 0.4) is 0 Å². The topological polar surface area (TPSA) is 256 Å². The normalized spacial score (nSPS) is 26.0. The van der Waals surface area contributed by atoms with Crippen LogP contribution in [0.5, 0.6) is 0 Å².